The first kappa shape index (κ1) is 9.50. The highest BCUT2D eigenvalue weighted by Crippen LogP contribution is 2.02. The lowest BCUT2D eigenvalue weighted by molar-refractivity contribution is 0.183. The number of rotatable bonds is 3. The van der Waals surface area contributed by atoms with E-state index in [0.717, 1.165) is 5.56 Å². The molecular formula is C11H11NO. The van der Waals surface area contributed by atoms with Crippen LogP contribution in [0, 0.1) is 11.3 Å². The largest absolute Gasteiger partial charge is 0.362 e. The van der Waals surface area contributed by atoms with Crippen LogP contribution in [-0.4, -0.2) is 13.2 Å². The van der Waals surface area contributed by atoms with Crippen LogP contribution in [0.4, 0.5) is 0 Å². The van der Waals surface area contributed by atoms with E-state index in [1.807, 2.05) is 42.5 Å². The van der Waals surface area contributed by atoms with E-state index in [4.69, 9.17) is 10.00 Å². The second-order valence-electron chi connectivity index (χ2n) is 2.56. The van der Waals surface area contributed by atoms with Crippen molar-refractivity contribution in [2.45, 2.75) is 6.10 Å². The second kappa shape index (κ2) is 5.13. The van der Waals surface area contributed by atoms with Crippen LogP contribution in [-0.2, 0) is 4.74 Å². The van der Waals surface area contributed by atoms with Crippen molar-refractivity contribution in [3.63, 3.8) is 0 Å². The summed E-state index contributed by atoms with van der Waals surface area (Å²) in [6.07, 6.45) is 3.15. The Bertz CT molecular complexity index is 311. The Morgan fingerprint density at radius 1 is 1.38 bits per heavy atom. The molecule has 1 aromatic rings. The van der Waals surface area contributed by atoms with Gasteiger partial charge < -0.3 is 4.74 Å². The summed E-state index contributed by atoms with van der Waals surface area (Å²) < 4.78 is 4.87. The van der Waals surface area contributed by atoms with Gasteiger partial charge in [0.25, 0.3) is 0 Å². The minimum atomic E-state index is -0.458. The molecule has 66 valence electrons. The molecule has 0 aromatic heterocycles. The minimum absolute atomic E-state index is 0.458. The maximum atomic E-state index is 8.58. The number of nitriles is 1. The van der Waals surface area contributed by atoms with Crippen molar-refractivity contribution in [1.29, 1.82) is 5.26 Å². The fourth-order valence-electron chi connectivity index (χ4n) is 0.937. The highest BCUT2D eigenvalue weighted by molar-refractivity contribution is 5.49. The normalized spacial score (nSPS) is 12.6. The standard InChI is InChI=1S/C11H11NO/c1-13-11(9-12)8-7-10-5-3-2-4-6-10/h2-8,11H,1H3/b8-7+. The molecule has 0 aliphatic carbocycles. The molecule has 0 aliphatic heterocycles. The first-order valence-corrected chi connectivity index (χ1v) is 4.02. The zero-order valence-electron chi connectivity index (χ0n) is 7.47. The zero-order chi connectivity index (χ0) is 9.52. The van der Waals surface area contributed by atoms with Crippen molar-refractivity contribution < 1.29 is 4.74 Å². The summed E-state index contributed by atoms with van der Waals surface area (Å²) in [4.78, 5) is 0. The van der Waals surface area contributed by atoms with E-state index in [0.29, 0.717) is 0 Å². The lowest BCUT2D eigenvalue weighted by Crippen LogP contribution is -2.01. The fraction of sp³-hybridized carbons (Fsp3) is 0.182. The maximum Gasteiger partial charge on any atom is 0.162 e. The van der Waals surface area contributed by atoms with Gasteiger partial charge in [0.2, 0.25) is 0 Å². The van der Waals surface area contributed by atoms with Gasteiger partial charge in [-0.3, -0.25) is 0 Å². The number of hydrogen-bond acceptors (Lipinski definition) is 2. The van der Waals surface area contributed by atoms with Gasteiger partial charge in [-0.15, -0.1) is 0 Å². The molecule has 0 radical (unpaired) electrons. The Labute approximate surface area is 78.1 Å². The molecule has 0 heterocycles. The second-order valence-corrected chi connectivity index (χ2v) is 2.56. The van der Waals surface area contributed by atoms with E-state index in [2.05, 4.69) is 0 Å². The van der Waals surface area contributed by atoms with Crippen LogP contribution in [0.1, 0.15) is 5.56 Å². The predicted octanol–water partition coefficient (Wildman–Crippen LogP) is 2.24. The van der Waals surface area contributed by atoms with Crippen molar-refractivity contribution in [3.05, 3.63) is 42.0 Å². The third-order valence-electron chi connectivity index (χ3n) is 1.64. The summed E-state index contributed by atoms with van der Waals surface area (Å²) in [5.74, 6) is 0. The summed E-state index contributed by atoms with van der Waals surface area (Å²) in [6.45, 7) is 0. The number of methoxy groups -OCH3 is 1. The zero-order valence-corrected chi connectivity index (χ0v) is 7.47. The molecule has 2 heteroatoms. The molecule has 1 aromatic carbocycles. The van der Waals surface area contributed by atoms with E-state index < -0.39 is 6.10 Å². The molecule has 0 saturated carbocycles. The molecular weight excluding hydrogens is 162 g/mol. The van der Waals surface area contributed by atoms with Crippen molar-refractivity contribution in [2.24, 2.45) is 0 Å². The summed E-state index contributed by atoms with van der Waals surface area (Å²) >= 11 is 0. The number of nitrogens with zero attached hydrogens (tertiary/aromatic N) is 1. The van der Waals surface area contributed by atoms with E-state index in [1.165, 1.54) is 7.11 Å². The summed E-state index contributed by atoms with van der Waals surface area (Å²) in [5, 5.41) is 8.58. The predicted molar refractivity (Wildman–Crippen MR) is 51.9 cm³/mol. The van der Waals surface area contributed by atoms with Gasteiger partial charge in [-0.05, 0) is 11.6 Å². The van der Waals surface area contributed by atoms with Crippen molar-refractivity contribution >= 4 is 6.08 Å². The Morgan fingerprint density at radius 3 is 2.62 bits per heavy atom. The molecule has 0 bridgehead atoms. The van der Waals surface area contributed by atoms with Crippen molar-refractivity contribution in [1.82, 2.24) is 0 Å². The van der Waals surface area contributed by atoms with E-state index in [-0.39, 0.29) is 0 Å². The van der Waals surface area contributed by atoms with Crippen LogP contribution < -0.4 is 0 Å². The number of benzene rings is 1. The van der Waals surface area contributed by atoms with Crippen LogP contribution in [0.15, 0.2) is 36.4 Å². The lowest BCUT2D eigenvalue weighted by Gasteiger charge is -1.98. The van der Waals surface area contributed by atoms with E-state index >= 15 is 0 Å². The topological polar surface area (TPSA) is 33.0 Å². The third-order valence-corrected chi connectivity index (χ3v) is 1.64. The molecule has 0 amide bonds. The van der Waals surface area contributed by atoms with Crippen LogP contribution in [0.2, 0.25) is 0 Å². The average molecular weight is 173 g/mol. The van der Waals surface area contributed by atoms with Crippen LogP contribution in [0.5, 0.6) is 0 Å². The van der Waals surface area contributed by atoms with Gasteiger partial charge in [-0.2, -0.15) is 5.26 Å². The van der Waals surface area contributed by atoms with Gasteiger partial charge in [0.05, 0.1) is 6.07 Å². The SMILES string of the molecule is COC(C#N)/C=C/c1ccccc1. The molecule has 1 rings (SSSR count). The lowest BCUT2D eigenvalue weighted by atomic mass is 10.2. The first-order valence-electron chi connectivity index (χ1n) is 4.02. The monoisotopic (exact) mass is 173 g/mol. The molecule has 0 spiro atoms. The fourth-order valence-corrected chi connectivity index (χ4v) is 0.937. The Hall–Kier alpha value is -1.59. The van der Waals surface area contributed by atoms with Gasteiger partial charge in [-0.25, -0.2) is 0 Å². The number of ether oxygens (including phenoxy) is 1. The first-order chi connectivity index (χ1) is 6.36. The van der Waals surface area contributed by atoms with Gasteiger partial charge in [0.1, 0.15) is 0 Å². The summed E-state index contributed by atoms with van der Waals surface area (Å²) in [5.41, 5.74) is 1.07. The summed E-state index contributed by atoms with van der Waals surface area (Å²) in [7, 11) is 1.52. The van der Waals surface area contributed by atoms with Crippen molar-refractivity contribution in [2.75, 3.05) is 7.11 Å². The molecule has 1 unspecified atom stereocenters. The maximum absolute atomic E-state index is 8.58. The Balaban J connectivity index is 2.64. The highest BCUT2D eigenvalue weighted by Gasteiger charge is 1.96. The van der Waals surface area contributed by atoms with Gasteiger partial charge in [0.15, 0.2) is 6.10 Å². The Kier molecular flexibility index (Phi) is 3.74. The van der Waals surface area contributed by atoms with Crippen molar-refractivity contribution in [3.8, 4) is 6.07 Å². The van der Waals surface area contributed by atoms with Crippen LogP contribution in [0.3, 0.4) is 0 Å². The number of hydrogen-bond donors (Lipinski definition) is 0. The van der Waals surface area contributed by atoms with Gasteiger partial charge in [-0.1, -0.05) is 36.4 Å². The smallest absolute Gasteiger partial charge is 0.162 e. The van der Waals surface area contributed by atoms with Crippen LogP contribution in [0.25, 0.3) is 6.08 Å². The van der Waals surface area contributed by atoms with E-state index in [9.17, 15) is 0 Å². The molecule has 0 N–H and O–H groups in total. The highest BCUT2D eigenvalue weighted by atomic mass is 16.5. The Morgan fingerprint density at radius 2 is 2.08 bits per heavy atom. The molecule has 0 fully saturated rings. The van der Waals surface area contributed by atoms with Crippen LogP contribution >= 0.6 is 0 Å². The molecule has 0 saturated heterocycles. The molecule has 2 nitrogen and oxygen atoms in total. The molecule has 0 aliphatic rings. The van der Waals surface area contributed by atoms with E-state index in [1.54, 1.807) is 6.08 Å². The molecule has 13 heavy (non-hydrogen) atoms. The quantitative estimate of drug-likeness (QED) is 0.702. The average Bonchev–Trinajstić information content (AvgIpc) is 2.21. The summed E-state index contributed by atoms with van der Waals surface area (Å²) in [6, 6.07) is 11.8. The minimum Gasteiger partial charge on any atom is -0.362 e. The van der Waals surface area contributed by atoms with Gasteiger partial charge in [0, 0.05) is 7.11 Å². The third kappa shape index (κ3) is 3.10. The molecule has 1 atom stereocenters. The van der Waals surface area contributed by atoms with Gasteiger partial charge >= 0.3 is 0 Å².